The summed E-state index contributed by atoms with van der Waals surface area (Å²) >= 11 is 11.6. The van der Waals surface area contributed by atoms with Crippen LogP contribution in [0.1, 0.15) is 18.2 Å². The average Bonchev–Trinajstić information content (AvgIpc) is 2.98. The van der Waals surface area contributed by atoms with Crippen LogP contribution in [0.5, 0.6) is 0 Å². The number of aromatic nitrogens is 2. The Hall–Kier alpha value is -2.70. The molecule has 1 heterocycles. The first-order valence-electron chi connectivity index (χ1n) is 7.91. The van der Waals surface area contributed by atoms with Crippen LogP contribution in [0.3, 0.4) is 0 Å². The van der Waals surface area contributed by atoms with Gasteiger partial charge in [0.1, 0.15) is 11.8 Å². The lowest BCUT2D eigenvalue weighted by molar-refractivity contribution is -0.137. The van der Waals surface area contributed by atoms with Gasteiger partial charge in [0.25, 0.3) is 9.84 Å². The summed E-state index contributed by atoms with van der Waals surface area (Å²) in [5.41, 5.74) is -9.37. The monoisotopic (exact) mass is 524 g/mol. The van der Waals surface area contributed by atoms with Gasteiger partial charge in [-0.1, -0.05) is 23.2 Å². The molecule has 32 heavy (non-hydrogen) atoms. The zero-order valence-corrected chi connectivity index (χ0v) is 17.6. The standard InChI is InChI=1S/C15H8Cl2F6N4O4S/c1-2-31-13(28)25-12-11(32(29,30)15(21,22)23)9(5-24)26-27(12)10-7(16)3-6(4-8(10)17)14(18,19)20/h3-4H,2H2,1H3,(H,25,28). The highest BCUT2D eigenvalue weighted by Gasteiger charge is 2.51. The number of rotatable bonds is 4. The molecule has 8 nitrogen and oxygen atoms in total. The molecule has 0 saturated heterocycles. The van der Waals surface area contributed by atoms with Crippen molar-refractivity contribution in [3.63, 3.8) is 0 Å². The number of carbonyl (C=O) groups excluding carboxylic acids is 1. The lowest BCUT2D eigenvalue weighted by Gasteiger charge is -2.15. The molecule has 0 bridgehead atoms. The van der Waals surface area contributed by atoms with Gasteiger partial charge in [-0.05, 0) is 19.1 Å². The third-order valence-electron chi connectivity index (χ3n) is 3.57. The Balaban J connectivity index is 2.94. The van der Waals surface area contributed by atoms with Crippen molar-refractivity contribution in [1.29, 1.82) is 5.26 Å². The largest absolute Gasteiger partial charge is 0.502 e. The van der Waals surface area contributed by atoms with Crippen LogP contribution >= 0.6 is 23.2 Å². The first-order valence-corrected chi connectivity index (χ1v) is 10.1. The van der Waals surface area contributed by atoms with Crippen molar-refractivity contribution >= 4 is 45.0 Å². The maximum atomic E-state index is 13.2. The quantitative estimate of drug-likeness (QED) is 0.567. The Bertz CT molecular complexity index is 1200. The number of amides is 1. The van der Waals surface area contributed by atoms with Gasteiger partial charge in [0.2, 0.25) is 0 Å². The Labute approximate surface area is 185 Å². The van der Waals surface area contributed by atoms with Crippen LogP contribution in [0.15, 0.2) is 17.0 Å². The Morgan fingerprint density at radius 1 is 1.22 bits per heavy atom. The summed E-state index contributed by atoms with van der Waals surface area (Å²) in [5.74, 6) is -1.28. The number of benzene rings is 1. The number of nitrogens with one attached hydrogen (secondary N) is 1. The topological polar surface area (TPSA) is 114 Å². The van der Waals surface area contributed by atoms with Crippen molar-refractivity contribution in [3.8, 4) is 11.8 Å². The molecule has 1 N–H and O–H groups in total. The molecule has 17 heteroatoms. The zero-order chi connectivity index (χ0) is 24.6. The maximum absolute atomic E-state index is 13.2. The molecule has 0 unspecified atom stereocenters. The minimum absolute atomic E-state index is 0.193. The molecule has 0 aliphatic carbocycles. The van der Waals surface area contributed by atoms with Crippen LogP contribution in [0, 0.1) is 11.3 Å². The first kappa shape index (κ1) is 25.6. The highest BCUT2D eigenvalue weighted by molar-refractivity contribution is 7.92. The summed E-state index contributed by atoms with van der Waals surface area (Å²) in [7, 11) is -6.30. The smallest absolute Gasteiger partial charge is 0.450 e. The highest BCUT2D eigenvalue weighted by Crippen LogP contribution is 2.42. The van der Waals surface area contributed by atoms with Crippen molar-refractivity contribution in [2.75, 3.05) is 11.9 Å². The maximum Gasteiger partial charge on any atom is 0.502 e. The van der Waals surface area contributed by atoms with E-state index in [0.717, 1.165) is 6.07 Å². The van der Waals surface area contributed by atoms with Gasteiger partial charge in [0, 0.05) is 0 Å². The van der Waals surface area contributed by atoms with E-state index in [2.05, 4.69) is 9.84 Å². The lowest BCUT2D eigenvalue weighted by atomic mass is 10.2. The number of hydrogen-bond acceptors (Lipinski definition) is 6. The summed E-state index contributed by atoms with van der Waals surface area (Å²) in [6.45, 7) is 1.02. The number of anilines is 1. The van der Waals surface area contributed by atoms with Gasteiger partial charge >= 0.3 is 17.8 Å². The van der Waals surface area contributed by atoms with E-state index in [9.17, 15) is 39.6 Å². The molecular formula is C15H8Cl2F6N4O4S. The molecule has 2 aromatic rings. The van der Waals surface area contributed by atoms with Crippen molar-refractivity contribution in [1.82, 2.24) is 9.78 Å². The van der Waals surface area contributed by atoms with Crippen LogP contribution in [-0.4, -0.2) is 36.4 Å². The molecule has 0 radical (unpaired) electrons. The normalized spacial score (nSPS) is 12.4. The predicted octanol–water partition coefficient (Wildman–Crippen LogP) is 4.93. The summed E-state index contributed by atoms with van der Waals surface area (Å²) < 4.78 is 107. The number of carbonyl (C=O) groups is 1. The van der Waals surface area contributed by atoms with Gasteiger partial charge in [-0.3, -0.25) is 5.32 Å². The van der Waals surface area contributed by atoms with Crippen molar-refractivity contribution in [2.45, 2.75) is 23.5 Å². The predicted molar refractivity (Wildman–Crippen MR) is 97.2 cm³/mol. The Kier molecular flexibility index (Phi) is 6.93. The van der Waals surface area contributed by atoms with E-state index in [0.29, 0.717) is 12.1 Å². The molecule has 0 saturated carbocycles. The van der Waals surface area contributed by atoms with Crippen molar-refractivity contribution < 1.29 is 44.3 Å². The number of hydrogen-bond donors (Lipinski definition) is 1. The van der Waals surface area contributed by atoms with Gasteiger partial charge in [-0.25, -0.2) is 17.9 Å². The number of sulfone groups is 1. The molecule has 0 aliphatic heterocycles. The summed E-state index contributed by atoms with van der Waals surface area (Å²) in [6.07, 6.45) is -6.37. The summed E-state index contributed by atoms with van der Waals surface area (Å²) in [4.78, 5) is 10.0. The van der Waals surface area contributed by atoms with E-state index >= 15 is 0 Å². The van der Waals surface area contributed by atoms with Crippen molar-refractivity contribution in [2.24, 2.45) is 0 Å². The number of ether oxygens (including phenoxy) is 1. The van der Waals surface area contributed by atoms with Crippen LogP contribution < -0.4 is 5.32 Å². The zero-order valence-electron chi connectivity index (χ0n) is 15.3. The molecule has 0 atom stereocenters. The molecule has 1 amide bonds. The minimum Gasteiger partial charge on any atom is -0.450 e. The molecule has 0 aliphatic rings. The van der Waals surface area contributed by atoms with Crippen LogP contribution in [0.2, 0.25) is 10.0 Å². The lowest BCUT2D eigenvalue weighted by Crippen LogP contribution is -2.26. The van der Waals surface area contributed by atoms with Crippen molar-refractivity contribution in [3.05, 3.63) is 33.4 Å². The van der Waals surface area contributed by atoms with Gasteiger partial charge in [0.05, 0.1) is 22.2 Å². The highest BCUT2D eigenvalue weighted by atomic mass is 35.5. The Morgan fingerprint density at radius 2 is 1.75 bits per heavy atom. The fraction of sp³-hybridized carbons (Fsp3) is 0.267. The van der Waals surface area contributed by atoms with E-state index in [1.54, 1.807) is 5.32 Å². The molecule has 0 fully saturated rings. The van der Waals surface area contributed by atoms with Gasteiger partial charge in [-0.2, -0.15) is 36.7 Å². The van der Waals surface area contributed by atoms with Gasteiger partial charge < -0.3 is 4.74 Å². The third-order valence-corrected chi connectivity index (χ3v) is 5.68. The second-order valence-electron chi connectivity index (χ2n) is 5.63. The fourth-order valence-corrected chi connectivity index (χ4v) is 3.93. The molecular weight excluding hydrogens is 517 g/mol. The van der Waals surface area contributed by atoms with Gasteiger partial charge in [0.15, 0.2) is 16.4 Å². The number of nitrogens with zero attached hydrogens (tertiary/aromatic N) is 3. The van der Waals surface area contributed by atoms with E-state index in [-0.39, 0.29) is 11.3 Å². The Morgan fingerprint density at radius 3 is 2.16 bits per heavy atom. The average molecular weight is 525 g/mol. The summed E-state index contributed by atoms with van der Waals surface area (Å²) in [6, 6.07) is 1.79. The molecule has 174 valence electrons. The van der Waals surface area contributed by atoms with E-state index in [4.69, 9.17) is 28.5 Å². The number of nitriles is 1. The van der Waals surface area contributed by atoms with Gasteiger partial charge in [-0.15, -0.1) is 0 Å². The fourth-order valence-electron chi connectivity index (χ4n) is 2.31. The first-order chi connectivity index (χ1) is 14.6. The van der Waals surface area contributed by atoms with E-state index < -0.39 is 65.3 Å². The molecule has 1 aromatic heterocycles. The van der Waals surface area contributed by atoms with Crippen LogP contribution in [-0.2, 0) is 20.8 Å². The van der Waals surface area contributed by atoms with Crippen LogP contribution in [0.4, 0.5) is 37.0 Å². The third kappa shape index (κ3) is 4.71. The van der Waals surface area contributed by atoms with E-state index in [1.807, 2.05) is 0 Å². The second-order valence-corrected chi connectivity index (χ2v) is 8.32. The second kappa shape index (κ2) is 8.68. The summed E-state index contributed by atoms with van der Waals surface area (Å²) in [5, 5.41) is 12.5. The molecule has 0 spiro atoms. The molecule has 2 rings (SSSR count). The minimum atomic E-state index is -6.30. The molecule has 1 aromatic carbocycles. The number of alkyl halides is 6. The SMILES string of the molecule is CCOC(=O)Nc1c(S(=O)(=O)C(F)(F)F)c(C#N)nn1-c1c(Cl)cc(C(F)(F)F)cc1Cl. The number of halogens is 8. The van der Waals surface area contributed by atoms with Crippen LogP contribution in [0.25, 0.3) is 5.69 Å². The van der Waals surface area contributed by atoms with E-state index in [1.165, 1.54) is 6.92 Å².